The molecule has 0 saturated carbocycles. The Balaban J connectivity index is 1.47. The van der Waals surface area contributed by atoms with Gasteiger partial charge in [0.05, 0.1) is 12.5 Å². The molecule has 40 heavy (non-hydrogen) atoms. The predicted molar refractivity (Wildman–Crippen MR) is 144 cm³/mol. The number of nitrogens with zero attached hydrogens (tertiary/aromatic N) is 3. The van der Waals surface area contributed by atoms with E-state index in [9.17, 15) is 31.1 Å². The van der Waals surface area contributed by atoms with Gasteiger partial charge in [0.1, 0.15) is 16.7 Å². The van der Waals surface area contributed by atoms with Crippen LogP contribution in [0.4, 0.5) is 23.2 Å². The van der Waals surface area contributed by atoms with Crippen LogP contribution < -0.4 is 9.62 Å². The maximum Gasteiger partial charge on any atom is 0.390 e. The van der Waals surface area contributed by atoms with E-state index in [2.05, 4.69) is 14.6 Å². The van der Waals surface area contributed by atoms with E-state index < -0.39 is 45.3 Å². The average Bonchev–Trinajstić information content (AvgIpc) is 2.86. The van der Waals surface area contributed by atoms with Crippen LogP contribution in [0, 0.1) is 5.82 Å². The smallest absolute Gasteiger partial charge is 0.390 e. The normalized spacial score (nSPS) is 22.9. The maximum absolute atomic E-state index is 14.4. The van der Waals surface area contributed by atoms with Crippen LogP contribution in [0.1, 0.15) is 49.1 Å². The molecule has 2 N–H and O–H groups in total. The number of nitrogens with one attached hydrogen (secondary N) is 1. The number of anilines is 1. The summed E-state index contributed by atoms with van der Waals surface area (Å²) in [6.07, 6.45) is -4.94. The van der Waals surface area contributed by atoms with Crippen LogP contribution in [0.3, 0.4) is 0 Å². The van der Waals surface area contributed by atoms with Crippen molar-refractivity contribution in [2.45, 2.75) is 49.8 Å². The molecule has 2 atom stereocenters. The zero-order valence-corrected chi connectivity index (χ0v) is 23.2. The van der Waals surface area contributed by atoms with E-state index >= 15 is 0 Å². The zero-order valence-electron chi connectivity index (χ0n) is 22.4. The van der Waals surface area contributed by atoms with E-state index in [0.717, 1.165) is 5.69 Å². The Bertz CT molecular complexity index is 1290. The highest BCUT2D eigenvalue weighted by molar-refractivity contribution is 7.90. The second kappa shape index (κ2) is 11.9. The Morgan fingerprint density at radius 2 is 1.75 bits per heavy atom. The Hall–Kier alpha value is -2.90. The number of hydrogen-bond donors (Lipinski definition) is 2. The molecule has 4 rings (SSSR count). The van der Waals surface area contributed by atoms with Gasteiger partial charge in [-0.2, -0.15) is 13.2 Å². The summed E-state index contributed by atoms with van der Waals surface area (Å²) in [6, 6.07) is 11.8. The molecule has 0 radical (unpaired) electrons. The first kappa shape index (κ1) is 30.1. The largest absolute Gasteiger partial charge is 0.457 e. The lowest BCUT2D eigenvalue weighted by Gasteiger charge is -2.40. The number of hydrogen-bond acceptors (Lipinski definition) is 7. The van der Waals surface area contributed by atoms with Crippen LogP contribution in [0.25, 0.3) is 0 Å². The van der Waals surface area contributed by atoms with Crippen molar-refractivity contribution in [2.24, 2.45) is 4.99 Å². The van der Waals surface area contributed by atoms with Crippen LogP contribution in [0.2, 0.25) is 0 Å². The van der Waals surface area contributed by atoms with Crippen molar-refractivity contribution in [3.8, 4) is 0 Å². The Morgan fingerprint density at radius 1 is 1.10 bits per heavy atom. The van der Waals surface area contributed by atoms with E-state index in [-0.39, 0.29) is 31.2 Å². The third kappa shape index (κ3) is 7.24. The van der Waals surface area contributed by atoms with Gasteiger partial charge in [-0.1, -0.05) is 30.3 Å². The molecule has 0 aromatic heterocycles. The first-order chi connectivity index (χ1) is 18.8. The van der Waals surface area contributed by atoms with Crippen LogP contribution >= 0.6 is 0 Å². The number of halogens is 4. The molecule has 0 spiro atoms. The van der Waals surface area contributed by atoms with Crippen LogP contribution in [0.15, 0.2) is 53.5 Å². The highest BCUT2D eigenvalue weighted by Gasteiger charge is 2.48. The van der Waals surface area contributed by atoms with Crippen molar-refractivity contribution in [1.29, 1.82) is 0 Å². The van der Waals surface area contributed by atoms with Gasteiger partial charge in [-0.15, -0.1) is 0 Å². The van der Waals surface area contributed by atoms with Gasteiger partial charge in [0, 0.05) is 50.6 Å². The van der Waals surface area contributed by atoms with Crippen molar-refractivity contribution in [1.82, 2.24) is 9.62 Å². The minimum Gasteiger partial charge on any atom is -0.457 e. The van der Waals surface area contributed by atoms with Gasteiger partial charge in [-0.3, -0.25) is 4.90 Å². The van der Waals surface area contributed by atoms with Crippen LogP contribution in [-0.4, -0.2) is 75.6 Å². The van der Waals surface area contributed by atoms with E-state index in [1.165, 1.54) is 18.2 Å². The number of aliphatic hydroxyl groups is 1. The highest BCUT2D eigenvalue weighted by Crippen LogP contribution is 2.40. The van der Waals surface area contributed by atoms with Gasteiger partial charge < -0.3 is 14.7 Å². The van der Waals surface area contributed by atoms with Crippen molar-refractivity contribution >= 4 is 21.7 Å². The van der Waals surface area contributed by atoms with Crippen molar-refractivity contribution in [3.63, 3.8) is 0 Å². The standard InChI is InChI=1S/C27H34F4N4O4S/c1-26(2)24(19-7-9-20(10-8-19)35-16-14-34(15-17-35)13-12-27(29,30)31)40(37,38)33-25(39-26)32-23(11-18-36)21-5-3-4-6-22(21)28/h3-10,23-24,36H,11-18H2,1-2H3,(H,32,33)/t23-,24?/m0/s1. The molecule has 0 aliphatic carbocycles. The number of rotatable bonds is 8. The second-order valence-electron chi connectivity index (χ2n) is 10.5. The molecule has 2 heterocycles. The first-order valence-corrected chi connectivity index (χ1v) is 14.6. The van der Waals surface area contributed by atoms with Gasteiger partial charge in [0.2, 0.25) is 10.0 Å². The Morgan fingerprint density at radius 3 is 2.33 bits per heavy atom. The summed E-state index contributed by atoms with van der Waals surface area (Å²) in [5.74, 6) is -0.524. The fourth-order valence-corrected chi connectivity index (χ4v) is 6.95. The highest BCUT2D eigenvalue weighted by atomic mass is 32.2. The summed E-state index contributed by atoms with van der Waals surface area (Å²) in [5.41, 5.74) is 0.305. The number of ether oxygens (including phenoxy) is 1. The third-order valence-corrected chi connectivity index (χ3v) is 9.04. The predicted octanol–water partition coefficient (Wildman–Crippen LogP) is 4.15. The molecule has 220 valence electrons. The third-order valence-electron chi connectivity index (χ3n) is 7.12. The van der Waals surface area contributed by atoms with Crippen molar-refractivity contribution < 1.29 is 35.8 Å². The number of amidine groups is 1. The number of alkyl halides is 3. The monoisotopic (exact) mass is 586 g/mol. The minimum atomic E-state index is -4.17. The lowest BCUT2D eigenvalue weighted by molar-refractivity contribution is -0.138. The summed E-state index contributed by atoms with van der Waals surface area (Å²) >= 11 is 0. The molecule has 2 fully saturated rings. The molecule has 0 bridgehead atoms. The van der Waals surface area contributed by atoms with E-state index in [4.69, 9.17) is 4.74 Å². The number of sulfonamides is 1. The van der Waals surface area contributed by atoms with E-state index in [0.29, 0.717) is 31.7 Å². The summed E-state index contributed by atoms with van der Waals surface area (Å²) in [5, 5.41) is 8.39. The molecule has 8 nitrogen and oxygen atoms in total. The van der Waals surface area contributed by atoms with Crippen molar-refractivity contribution in [2.75, 3.05) is 44.2 Å². The van der Waals surface area contributed by atoms with E-state index in [1.807, 2.05) is 0 Å². The summed E-state index contributed by atoms with van der Waals surface area (Å²) in [7, 11) is -4.02. The van der Waals surface area contributed by atoms with Gasteiger partial charge in [-0.25, -0.2) is 22.5 Å². The molecule has 1 unspecified atom stereocenters. The van der Waals surface area contributed by atoms with Crippen molar-refractivity contribution in [3.05, 3.63) is 65.5 Å². The number of piperazine rings is 1. The molecule has 2 aliphatic rings. The molecule has 13 heteroatoms. The summed E-state index contributed by atoms with van der Waals surface area (Å²) < 4.78 is 87.2. The van der Waals surface area contributed by atoms with Crippen LogP contribution in [0.5, 0.6) is 0 Å². The Kier molecular flexibility index (Phi) is 8.96. The Labute approximate surface area is 231 Å². The molecule has 2 aliphatic heterocycles. The molecule has 2 aromatic carbocycles. The molecule has 2 saturated heterocycles. The second-order valence-corrected chi connectivity index (χ2v) is 12.3. The van der Waals surface area contributed by atoms with Gasteiger partial charge in [-0.05, 0) is 44.0 Å². The molecular formula is C27H34F4N4O4S. The zero-order chi connectivity index (χ0) is 29.1. The maximum atomic E-state index is 14.4. The van der Waals surface area contributed by atoms with Gasteiger partial charge in [0.15, 0.2) is 0 Å². The van der Waals surface area contributed by atoms with Gasteiger partial charge in [0.25, 0.3) is 6.02 Å². The fourth-order valence-electron chi connectivity index (χ4n) is 5.18. The lowest BCUT2D eigenvalue weighted by atomic mass is 9.97. The van der Waals surface area contributed by atoms with Crippen LogP contribution in [-0.2, 0) is 14.8 Å². The number of benzene rings is 2. The number of aliphatic imine (C=N–C) groups is 1. The molecule has 0 amide bonds. The first-order valence-electron chi connectivity index (χ1n) is 13.1. The fraction of sp³-hybridized carbons (Fsp3) is 0.519. The molecule has 2 aromatic rings. The SMILES string of the molecule is CC1(C)OC(=N[C@@H](CCO)c2ccccc2F)NS(=O)(=O)C1c1ccc(N2CCN(CCC(F)(F)F)CC2)cc1. The minimum absolute atomic E-state index is 0.0236. The molecular weight excluding hydrogens is 552 g/mol. The topological polar surface area (TPSA) is 94.5 Å². The number of aliphatic hydroxyl groups excluding tert-OH is 1. The summed E-state index contributed by atoms with van der Waals surface area (Å²) in [4.78, 5) is 8.15. The quantitative estimate of drug-likeness (QED) is 0.452. The van der Waals surface area contributed by atoms with Gasteiger partial charge >= 0.3 is 6.18 Å². The summed E-state index contributed by atoms with van der Waals surface area (Å²) in [6.45, 7) is 5.08. The van der Waals surface area contributed by atoms with E-state index in [1.54, 1.807) is 49.1 Å². The lowest BCUT2D eigenvalue weighted by Crippen LogP contribution is -2.53. The average molecular weight is 587 g/mol.